The predicted molar refractivity (Wildman–Crippen MR) is 239 cm³/mol. The first-order valence-electron chi connectivity index (χ1n) is 19.8. The number of nitrogens with one attached hydrogen (secondary N) is 2. The van der Waals surface area contributed by atoms with E-state index in [1.54, 1.807) is 14.2 Å². The number of hydrogen-bond acceptors (Lipinski definition) is 7. The minimum Gasteiger partial charge on any atom is -0.497 e. The summed E-state index contributed by atoms with van der Waals surface area (Å²) in [7, 11) is 3.36. The molecule has 6 aromatic carbocycles. The first-order valence-corrected chi connectivity index (χ1v) is 19.8. The van der Waals surface area contributed by atoms with Crippen molar-refractivity contribution in [2.24, 2.45) is 0 Å². The maximum Gasteiger partial charge on any atom is 0.128 e. The summed E-state index contributed by atoms with van der Waals surface area (Å²) in [5.74, 6) is 3.14. The van der Waals surface area contributed by atoms with Gasteiger partial charge in [0.05, 0.1) is 49.4 Å². The van der Waals surface area contributed by atoms with Crippen LogP contribution in [0, 0.1) is 0 Å². The highest BCUT2D eigenvalue weighted by Gasteiger charge is 2.14. The second-order valence-electron chi connectivity index (χ2n) is 14.3. The zero-order valence-electron chi connectivity index (χ0n) is 33.3. The van der Waals surface area contributed by atoms with Gasteiger partial charge in [-0.05, 0) is 119 Å². The Kier molecular flexibility index (Phi) is 12.2. The normalized spacial score (nSPS) is 10.8. The largest absolute Gasteiger partial charge is 0.497 e. The van der Waals surface area contributed by atoms with Crippen LogP contribution in [0.2, 0.25) is 0 Å². The SMILES string of the molecule is COc1ccc(CNc2ccc(-c3cc(Oc4ccc(Cc5ccccc5)c(-c5ccc(NCc6ccc(OC)cc6)cn5)c4)ccc3Cc3ccccc3)nc2)cc1. The molecule has 0 aliphatic rings. The van der Waals surface area contributed by atoms with Gasteiger partial charge in [-0.2, -0.15) is 0 Å². The fourth-order valence-electron chi connectivity index (χ4n) is 7.00. The standard InChI is InChI=1S/C52H46N4O3/c1-57-45-21-13-39(14-22-45)33-53-43-19-27-51(55-35-43)49-31-47(25-17-41(49)29-37-9-5-3-6-10-37)59-48-26-18-42(30-38-11-7-4-8-12-38)50(32-48)52-28-20-44(36-56-52)54-34-40-15-23-46(58-2)24-16-40/h3-28,31-32,35-36,53-54H,29-30,33-34H2,1-2H3. The number of rotatable bonds is 16. The third-order valence-electron chi connectivity index (χ3n) is 10.3. The highest BCUT2D eigenvalue weighted by atomic mass is 16.5. The van der Waals surface area contributed by atoms with E-state index in [2.05, 4.69) is 132 Å². The van der Waals surface area contributed by atoms with Crippen LogP contribution in [0.1, 0.15) is 33.4 Å². The van der Waals surface area contributed by atoms with Crippen molar-refractivity contribution in [3.05, 3.63) is 216 Å². The lowest BCUT2D eigenvalue weighted by atomic mass is 9.96. The van der Waals surface area contributed by atoms with Crippen LogP contribution in [-0.2, 0) is 25.9 Å². The number of methoxy groups -OCH3 is 2. The number of ether oxygens (including phenoxy) is 3. The van der Waals surface area contributed by atoms with Gasteiger partial charge in [0.2, 0.25) is 0 Å². The molecule has 59 heavy (non-hydrogen) atoms. The Labute approximate surface area is 346 Å². The Bertz CT molecular complexity index is 2380. The Morgan fingerprint density at radius 2 is 0.814 bits per heavy atom. The second kappa shape index (κ2) is 18.7. The second-order valence-corrected chi connectivity index (χ2v) is 14.3. The third kappa shape index (κ3) is 10.1. The van der Waals surface area contributed by atoms with Gasteiger partial charge >= 0.3 is 0 Å². The van der Waals surface area contributed by atoms with Crippen molar-refractivity contribution in [2.45, 2.75) is 25.9 Å². The summed E-state index contributed by atoms with van der Waals surface area (Å²) in [5.41, 5.74) is 12.8. The molecule has 8 rings (SSSR count). The molecule has 0 spiro atoms. The lowest BCUT2D eigenvalue weighted by molar-refractivity contribution is 0.414. The van der Waals surface area contributed by atoms with Gasteiger partial charge in [-0.25, -0.2) is 0 Å². The quantitative estimate of drug-likeness (QED) is 0.101. The van der Waals surface area contributed by atoms with Crippen LogP contribution in [0.5, 0.6) is 23.0 Å². The van der Waals surface area contributed by atoms with Crippen molar-refractivity contribution in [1.82, 2.24) is 9.97 Å². The van der Waals surface area contributed by atoms with Gasteiger partial charge in [0, 0.05) is 24.2 Å². The van der Waals surface area contributed by atoms with Crippen LogP contribution in [0.25, 0.3) is 22.5 Å². The summed E-state index contributed by atoms with van der Waals surface area (Å²) < 4.78 is 17.3. The van der Waals surface area contributed by atoms with E-state index in [9.17, 15) is 0 Å². The van der Waals surface area contributed by atoms with E-state index in [1.165, 1.54) is 22.3 Å². The Balaban J connectivity index is 1.05. The molecule has 0 aliphatic carbocycles. The Morgan fingerprint density at radius 1 is 0.407 bits per heavy atom. The zero-order valence-corrected chi connectivity index (χ0v) is 33.3. The van der Waals surface area contributed by atoms with Crippen molar-refractivity contribution in [1.29, 1.82) is 0 Å². The van der Waals surface area contributed by atoms with Crippen molar-refractivity contribution < 1.29 is 14.2 Å². The fraction of sp³-hybridized carbons (Fsp3) is 0.115. The molecule has 292 valence electrons. The van der Waals surface area contributed by atoms with Gasteiger partial charge in [-0.1, -0.05) is 97.1 Å². The van der Waals surface area contributed by atoms with Crippen LogP contribution in [0.4, 0.5) is 11.4 Å². The number of aromatic nitrogens is 2. The summed E-state index contributed by atoms with van der Waals surface area (Å²) in [6.45, 7) is 1.36. The molecule has 2 N–H and O–H groups in total. The van der Waals surface area contributed by atoms with E-state index < -0.39 is 0 Å². The number of anilines is 2. The Hall–Kier alpha value is -7.38. The highest BCUT2D eigenvalue weighted by molar-refractivity contribution is 5.70. The summed E-state index contributed by atoms with van der Waals surface area (Å²) in [6, 6.07) is 58.1. The number of pyridine rings is 2. The van der Waals surface area contributed by atoms with Crippen LogP contribution in [0.3, 0.4) is 0 Å². The van der Waals surface area contributed by atoms with Crippen LogP contribution >= 0.6 is 0 Å². The molecule has 0 amide bonds. The summed E-state index contributed by atoms with van der Waals surface area (Å²) >= 11 is 0. The van der Waals surface area contributed by atoms with Crippen molar-refractivity contribution in [3.8, 4) is 45.5 Å². The van der Waals surface area contributed by atoms with Gasteiger partial charge in [0.25, 0.3) is 0 Å². The maximum atomic E-state index is 6.67. The molecule has 0 saturated carbocycles. The lowest BCUT2D eigenvalue weighted by Crippen LogP contribution is -2.01. The summed E-state index contributed by atoms with van der Waals surface area (Å²) in [6.07, 6.45) is 5.32. The van der Waals surface area contributed by atoms with Gasteiger partial charge in [-0.3, -0.25) is 9.97 Å². The minimum absolute atomic E-state index is 0.681. The van der Waals surface area contributed by atoms with Gasteiger partial charge in [0.1, 0.15) is 23.0 Å². The predicted octanol–water partition coefficient (Wildman–Crippen LogP) is 12.0. The van der Waals surface area contributed by atoms with Crippen LogP contribution < -0.4 is 24.8 Å². The molecule has 0 saturated heterocycles. The number of hydrogen-bond donors (Lipinski definition) is 2. The molecule has 2 aromatic heterocycles. The van der Waals surface area contributed by atoms with Crippen LogP contribution in [0.15, 0.2) is 182 Å². The third-order valence-corrected chi connectivity index (χ3v) is 10.3. The summed E-state index contributed by atoms with van der Waals surface area (Å²) in [4.78, 5) is 9.86. The van der Waals surface area contributed by atoms with Gasteiger partial charge < -0.3 is 24.8 Å². The van der Waals surface area contributed by atoms with E-state index in [1.807, 2.05) is 60.9 Å². The summed E-state index contributed by atoms with van der Waals surface area (Å²) in [5, 5.41) is 6.99. The van der Waals surface area contributed by atoms with Crippen molar-refractivity contribution in [3.63, 3.8) is 0 Å². The first-order chi connectivity index (χ1) is 29.1. The van der Waals surface area contributed by atoms with E-state index in [-0.39, 0.29) is 0 Å². The topological polar surface area (TPSA) is 77.5 Å². The average Bonchev–Trinajstić information content (AvgIpc) is 3.30. The zero-order chi connectivity index (χ0) is 40.2. The van der Waals surface area contributed by atoms with Gasteiger partial charge in [0.15, 0.2) is 0 Å². The van der Waals surface area contributed by atoms with Gasteiger partial charge in [-0.15, -0.1) is 0 Å². The monoisotopic (exact) mass is 774 g/mol. The highest BCUT2D eigenvalue weighted by Crippen LogP contribution is 2.35. The lowest BCUT2D eigenvalue weighted by Gasteiger charge is -2.16. The fourth-order valence-corrected chi connectivity index (χ4v) is 7.00. The average molecular weight is 775 g/mol. The molecule has 0 radical (unpaired) electrons. The molecule has 0 atom stereocenters. The number of nitrogens with zero attached hydrogens (tertiary/aromatic N) is 2. The van der Waals surface area contributed by atoms with E-state index in [0.717, 1.165) is 80.9 Å². The molecule has 8 aromatic rings. The Morgan fingerprint density at radius 3 is 1.19 bits per heavy atom. The van der Waals surface area contributed by atoms with Crippen molar-refractivity contribution >= 4 is 11.4 Å². The molecule has 0 unspecified atom stereocenters. The molecular weight excluding hydrogens is 729 g/mol. The number of benzene rings is 6. The van der Waals surface area contributed by atoms with E-state index in [0.29, 0.717) is 13.1 Å². The maximum absolute atomic E-state index is 6.67. The molecule has 7 heteroatoms. The van der Waals surface area contributed by atoms with Crippen LogP contribution in [-0.4, -0.2) is 24.2 Å². The first kappa shape index (κ1) is 38.5. The minimum atomic E-state index is 0.681. The molecular formula is C52H46N4O3. The van der Waals surface area contributed by atoms with E-state index in [4.69, 9.17) is 24.2 Å². The van der Waals surface area contributed by atoms with E-state index >= 15 is 0 Å². The molecule has 2 heterocycles. The molecule has 0 bridgehead atoms. The molecule has 7 nitrogen and oxygen atoms in total. The molecule has 0 aliphatic heterocycles. The smallest absolute Gasteiger partial charge is 0.128 e. The molecule has 0 fully saturated rings. The van der Waals surface area contributed by atoms with Crippen molar-refractivity contribution in [2.75, 3.05) is 24.9 Å².